The Labute approximate surface area is 134 Å². The molecule has 0 spiro atoms. The molecule has 4 nitrogen and oxygen atoms in total. The molecule has 1 aromatic rings. The Morgan fingerprint density at radius 1 is 1.45 bits per heavy atom. The van der Waals surface area contributed by atoms with Gasteiger partial charge in [0.1, 0.15) is 6.61 Å². The van der Waals surface area contributed by atoms with E-state index in [2.05, 4.69) is 27.9 Å². The standard InChI is InChI=1S/C15H21IN2O2/c1-17-14-10-18(8-7-13(14)9-16)15(19)20-11-12-5-3-2-4-6-12/h2-6,13-14,17H,7-11H2,1H3. The molecule has 2 rings (SSSR count). The first-order valence-electron chi connectivity index (χ1n) is 6.93. The first kappa shape index (κ1) is 15.6. The fourth-order valence-electron chi connectivity index (χ4n) is 2.49. The normalized spacial score (nSPS) is 22.6. The molecule has 1 heterocycles. The zero-order valence-corrected chi connectivity index (χ0v) is 13.9. The Morgan fingerprint density at radius 2 is 2.20 bits per heavy atom. The van der Waals surface area contributed by atoms with Gasteiger partial charge >= 0.3 is 6.09 Å². The molecule has 20 heavy (non-hydrogen) atoms. The second-order valence-corrected chi connectivity index (χ2v) is 5.97. The third kappa shape index (κ3) is 4.09. The van der Waals surface area contributed by atoms with Gasteiger partial charge in [0, 0.05) is 23.6 Å². The number of rotatable bonds is 4. The van der Waals surface area contributed by atoms with Crippen LogP contribution in [0.25, 0.3) is 0 Å². The Hall–Kier alpha value is -0.820. The fraction of sp³-hybridized carbons (Fsp3) is 0.533. The van der Waals surface area contributed by atoms with Crippen LogP contribution >= 0.6 is 22.6 Å². The van der Waals surface area contributed by atoms with E-state index in [4.69, 9.17) is 4.74 Å². The molecular formula is C15H21IN2O2. The SMILES string of the molecule is CNC1CN(C(=O)OCc2ccccc2)CCC1CI. The summed E-state index contributed by atoms with van der Waals surface area (Å²) in [7, 11) is 1.96. The highest BCUT2D eigenvalue weighted by molar-refractivity contribution is 14.1. The van der Waals surface area contributed by atoms with Gasteiger partial charge in [0.2, 0.25) is 0 Å². The highest BCUT2D eigenvalue weighted by Gasteiger charge is 2.30. The van der Waals surface area contributed by atoms with E-state index in [1.807, 2.05) is 42.3 Å². The minimum absolute atomic E-state index is 0.207. The van der Waals surface area contributed by atoms with Crippen molar-refractivity contribution in [3.05, 3.63) is 35.9 Å². The van der Waals surface area contributed by atoms with E-state index >= 15 is 0 Å². The van der Waals surface area contributed by atoms with Crippen molar-refractivity contribution in [1.29, 1.82) is 0 Å². The molecule has 0 saturated carbocycles. The highest BCUT2D eigenvalue weighted by atomic mass is 127. The van der Waals surface area contributed by atoms with Crippen LogP contribution in [0.15, 0.2) is 30.3 Å². The second-order valence-electron chi connectivity index (χ2n) is 5.08. The van der Waals surface area contributed by atoms with Gasteiger partial charge < -0.3 is 15.0 Å². The molecular weight excluding hydrogens is 367 g/mol. The molecule has 1 fully saturated rings. The van der Waals surface area contributed by atoms with E-state index in [-0.39, 0.29) is 6.09 Å². The summed E-state index contributed by atoms with van der Waals surface area (Å²) in [6.45, 7) is 1.87. The van der Waals surface area contributed by atoms with E-state index in [1.54, 1.807) is 0 Å². The number of nitrogens with zero attached hydrogens (tertiary/aromatic N) is 1. The minimum Gasteiger partial charge on any atom is -0.445 e. The van der Waals surface area contributed by atoms with Crippen molar-refractivity contribution in [2.75, 3.05) is 24.6 Å². The van der Waals surface area contributed by atoms with Crippen LogP contribution in [0.5, 0.6) is 0 Å². The van der Waals surface area contributed by atoms with Crippen LogP contribution in [0.3, 0.4) is 0 Å². The average Bonchev–Trinajstić information content (AvgIpc) is 2.52. The van der Waals surface area contributed by atoms with Crippen molar-refractivity contribution < 1.29 is 9.53 Å². The maximum atomic E-state index is 12.1. The van der Waals surface area contributed by atoms with Crippen LogP contribution < -0.4 is 5.32 Å². The maximum absolute atomic E-state index is 12.1. The van der Waals surface area contributed by atoms with Gasteiger partial charge in [0.05, 0.1) is 0 Å². The molecule has 110 valence electrons. The number of carbonyl (C=O) groups is 1. The Balaban J connectivity index is 1.84. The topological polar surface area (TPSA) is 41.6 Å². The number of nitrogens with one attached hydrogen (secondary N) is 1. The quantitative estimate of drug-likeness (QED) is 0.637. The zero-order chi connectivity index (χ0) is 14.4. The molecule has 0 aliphatic carbocycles. The third-order valence-electron chi connectivity index (χ3n) is 3.79. The Bertz CT molecular complexity index is 427. The predicted molar refractivity (Wildman–Crippen MR) is 88.0 cm³/mol. The summed E-state index contributed by atoms with van der Waals surface area (Å²) < 4.78 is 6.51. The lowest BCUT2D eigenvalue weighted by atomic mass is 9.94. The molecule has 1 aromatic carbocycles. The number of likely N-dealkylation sites (N-methyl/N-ethyl adjacent to an activating group) is 1. The van der Waals surface area contributed by atoms with Crippen molar-refractivity contribution in [3.8, 4) is 0 Å². The number of carbonyl (C=O) groups excluding carboxylic acids is 1. The van der Waals surface area contributed by atoms with E-state index in [9.17, 15) is 4.79 Å². The predicted octanol–water partition coefficient (Wildman–Crippen LogP) is 2.67. The summed E-state index contributed by atoms with van der Waals surface area (Å²) in [6, 6.07) is 10.2. The molecule has 1 N–H and O–H groups in total. The van der Waals surface area contributed by atoms with E-state index < -0.39 is 0 Å². The number of hydrogen-bond acceptors (Lipinski definition) is 3. The van der Waals surface area contributed by atoms with Gasteiger partial charge in [-0.15, -0.1) is 0 Å². The van der Waals surface area contributed by atoms with Crippen LogP contribution in [0.2, 0.25) is 0 Å². The molecule has 5 heteroatoms. The molecule has 0 radical (unpaired) electrons. The van der Waals surface area contributed by atoms with Crippen molar-refractivity contribution in [3.63, 3.8) is 0 Å². The van der Waals surface area contributed by atoms with Crippen LogP contribution in [0.1, 0.15) is 12.0 Å². The molecule has 2 unspecified atom stereocenters. The number of amides is 1. The minimum atomic E-state index is -0.207. The second kappa shape index (κ2) is 7.83. The molecule has 0 aromatic heterocycles. The summed E-state index contributed by atoms with van der Waals surface area (Å²) in [6.07, 6.45) is 0.829. The Morgan fingerprint density at radius 3 is 2.85 bits per heavy atom. The molecule has 1 aliphatic heterocycles. The van der Waals surface area contributed by atoms with E-state index in [0.717, 1.165) is 29.5 Å². The zero-order valence-electron chi connectivity index (χ0n) is 11.7. The lowest BCUT2D eigenvalue weighted by Crippen LogP contribution is -2.52. The van der Waals surface area contributed by atoms with Gasteiger partial charge in [-0.05, 0) is 24.9 Å². The summed E-state index contributed by atoms with van der Waals surface area (Å²) in [5.74, 6) is 0.638. The third-order valence-corrected chi connectivity index (χ3v) is 4.92. The van der Waals surface area contributed by atoms with Crippen LogP contribution in [0, 0.1) is 5.92 Å². The smallest absolute Gasteiger partial charge is 0.410 e. The maximum Gasteiger partial charge on any atom is 0.410 e. The summed E-state index contributed by atoms with van der Waals surface area (Å²) >= 11 is 2.42. The van der Waals surface area contributed by atoms with Crippen molar-refractivity contribution in [2.45, 2.75) is 19.1 Å². The number of hydrogen-bond donors (Lipinski definition) is 1. The highest BCUT2D eigenvalue weighted by Crippen LogP contribution is 2.20. The summed E-state index contributed by atoms with van der Waals surface area (Å²) in [4.78, 5) is 13.9. The largest absolute Gasteiger partial charge is 0.445 e. The lowest BCUT2D eigenvalue weighted by molar-refractivity contribution is 0.0760. The van der Waals surface area contributed by atoms with Gasteiger partial charge in [-0.2, -0.15) is 0 Å². The molecule has 1 amide bonds. The van der Waals surface area contributed by atoms with Gasteiger partial charge in [-0.3, -0.25) is 0 Å². The van der Waals surface area contributed by atoms with Crippen LogP contribution in [0.4, 0.5) is 4.79 Å². The van der Waals surface area contributed by atoms with Crippen molar-refractivity contribution in [2.24, 2.45) is 5.92 Å². The van der Waals surface area contributed by atoms with Gasteiger partial charge in [-0.25, -0.2) is 4.79 Å². The summed E-state index contributed by atoms with van der Waals surface area (Å²) in [5, 5.41) is 3.31. The van der Waals surface area contributed by atoms with Crippen LogP contribution in [-0.4, -0.2) is 41.6 Å². The molecule has 1 saturated heterocycles. The monoisotopic (exact) mass is 388 g/mol. The average molecular weight is 388 g/mol. The number of alkyl halides is 1. The first-order chi connectivity index (χ1) is 9.74. The van der Waals surface area contributed by atoms with Crippen molar-refractivity contribution in [1.82, 2.24) is 10.2 Å². The van der Waals surface area contributed by atoms with Gasteiger partial charge in [0.25, 0.3) is 0 Å². The van der Waals surface area contributed by atoms with Gasteiger partial charge in [0.15, 0.2) is 0 Å². The number of benzene rings is 1. The van der Waals surface area contributed by atoms with E-state index in [0.29, 0.717) is 18.6 Å². The number of piperidine rings is 1. The fourth-order valence-corrected chi connectivity index (χ4v) is 3.54. The molecule has 1 aliphatic rings. The molecule has 2 atom stereocenters. The number of ether oxygens (including phenoxy) is 1. The number of likely N-dealkylation sites (tertiary alicyclic amines) is 1. The summed E-state index contributed by atoms with van der Waals surface area (Å²) in [5.41, 5.74) is 1.02. The van der Waals surface area contributed by atoms with Crippen molar-refractivity contribution >= 4 is 28.7 Å². The number of halogens is 1. The van der Waals surface area contributed by atoms with E-state index in [1.165, 1.54) is 0 Å². The first-order valence-corrected chi connectivity index (χ1v) is 8.46. The lowest BCUT2D eigenvalue weighted by Gasteiger charge is -2.37. The van der Waals surface area contributed by atoms with Crippen LogP contribution in [-0.2, 0) is 11.3 Å². The van der Waals surface area contributed by atoms with Gasteiger partial charge in [-0.1, -0.05) is 52.9 Å². The Kier molecular flexibility index (Phi) is 6.09. The molecule has 0 bridgehead atoms.